The number of benzene rings is 3. The van der Waals surface area contributed by atoms with Crippen molar-refractivity contribution in [2.45, 2.75) is 11.9 Å². The Hall–Kier alpha value is -4.62. The highest BCUT2D eigenvalue weighted by molar-refractivity contribution is 6.34. The van der Waals surface area contributed by atoms with Crippen molar-refractivity contribution in [3.63, 3.8) is 0 Å². The summed E-state index contributed by atoms with van der Waals surface area (Å²) in [5.41, 5.74) is 0.939. The molecule has 2 heterocycles. The summed E-state index contributed by atoms with van der Waals surface area (Å²) in [6.45, 7) is 0. The van der Waals surface area contributed by atoms with E-state index in [9.17, 15) is 27.9 Å². The average molecular weight is 563 g/mol. The third-order valence-electron chi connectivity index (χ3n) is 5.69. The van der Waals surface area contributed by atoms with Gasteiger partial charge >= 0.3 is 18.2 Å². The van der Waals surface area contributed by atoms with Crippen LogP contribution in [0.3, 0.4) is 0 Å². The molecule has 39 heavy (non-hydrogen) atoms. The number of halogens is 4. The number of carboxylic acid groups (broad SMARTS) is 1. The summed E-state index contributed by atoms with van der Waals surface area (Å²) >= 11 is 6.41. The molecule has 1 unspecified atom stereocenters. The van der Waals surface area contributed by atoms with Gasteiger partial charge < -0.3 is 19.9 Å². The van der Waals surface area contributed by atoms with E-state index in [0.29, 0.717) is 38.4 Å². The van der Waals surface area contributed by atoms with Gasteiger partial charge in [0.25, 0.3) is 5.91 Å². The first-order chi connectivity index (χ1) is 18.4. The number of hydrogen-bond acceptors (Lipinski definition) is 6. The number of para-hydroxylation sites is 1. The molecule has 2 amide bonds. The maximum atomic E-state index is 13.4. The first-order valence-corrected chi connectivity index (χ1v) is 11.3. The first kappa shape index (κ1) is 27.4. The monoisotopic (exact) mass is 562 g/mol. The Bertz CT molecular complexity index is 1590. The molecule has 1 aliphatic heterocycles. The number of carbonyl (C=O) groups is 3. The predicted molar refractivity (Wildman–Crippen MR) is 134 cm³/mol. The number of imidazole rings is 1. The van der Waals surface area contributed by atoms with Crippen molar-refractivity contribution in [1.82, 2.24) is 9.97 Å². The lowest BCUT2D eigenvalue weighted by molar-refractivity contribution is -0.192. The van der Waals surface area contributed by atoms with Gasteiger partial charge in [0.2, 0.25) is 5.95 Å². The van der Waals surface area contributed by atoms with Crippen molar-refractivity contribution >= 4 is 52.2 Å². The van der Waals surface area contributed by atoms with Gasteiger partial charge in [-0.05, 0) is 30.3 Å². The summed E-state index contributed by atoms with van der Waals surface area (Å²) in [4.78, 5) is 42.3. The van der Waals surface area contributed by atoms with Crippen molar-refractivity contribution in [3.8, 4) is 0 Å². The molecular formula is C25H18ClF3N4O6. The predicted octanol–water partition coefficient (Wildman–Crippen LogP) is 4.88. The Morgan fingerprint density at radius 3 is 2.38 bits per heavy atom. The van der Waals surface area contributed by atoms with Crippen LogP contribution in [0, 0.1) is 0 Å². The van der Waals surface area contributed by atoms with Gasteiger partial charge in [-0.15, -0.1) is 0 Å². The van der Waals surface area contributed by atoms with E-state index in [1.807, 2.05) is 0 Å². The summed E-state index contributed by atoms with van der Waals surface area (Å²) in [7, 11) is 1.25. The number of nitrogens with zero attached hydrogens (tertiary/aromatic N) is 2. The highest BCUT2D eigenvalue weighted by atomic mass is 35.5. The molecule has 0 bridgehead atoms. The van der Waals surface area contributed by atoms with E-state index >= 15 is 0 Å². The molecule has 0 spiro atoms. The fourth-order valence-corrected chi connectivity index (χ4v) is 4.22. The molecule has 0 radical (unpaired) electrons. The van der Waals surface area contributed by atoms with Gasteiger partial charge in [0.15, 0.2) is 5.72 Å². The SMILES string of the molecule is COC(=O)Nc1nc2ccc(C3(O)c4ccccc4C(=O)N3c3ccccc3Cl)cc2[nH]1.O=C(O)C(F)(F)F. The van der Waals surface area contributed by atoms with Crippen LogP contribution in [0.2, 0.25) is 5.02 Å². The minimum absolute atomic E-state index is 0.196. The number of alkyl halides is 3. The minimum atomic E-state index is -5.08. The fraction of sp³-hybridized carbons (Fsp3) is 0.120. The number of rotatable bonds is 3. The lowest BCUT2D eigenvalue weighted by atomic mass is 9.93. The van der Waals surface area contributed by atoms with Crippen molar-refractivity contribution in [3.05, 3.63) is 88.4 Å². The molecule has 1 aromatic heterocycles. The molecule has 10 nitrogen and oxygen atoms in total. The third kappa shape index (κ3) is 5.09. The number of fused-ring (bicyclic) bond motifs is 2. The summed E-state index contributed by atoms with van der Waals surface area (Å²) in [5.74, 6) is -2.93. The van der Waals surface area contributed by atoms with Crippen molar-refractivity contribution in [1.29, 1.82) is 0 Å². The number of aliphatic carboxylic acids is 1. The number of aliphatic hydroxyl groups is 1. The Morgan fingerprint density at radius 1 is 1.10 bits per heavy atom. The van der Waals surface area contributed by atoms with E-state index in [-0.39, 0.29) is 11.9 Å². The minimum Gasteiger partial charge on any atom is -0.475 e. The van der Waals surface area contributed by atoms with Gasteiger partial charge in [0.05, 0.1) is 28.9 Å². The Labute approximate surface area is 222 Å². The summed E-state index contributed by atoms with van der Waals surface area (Å²) in [5, 5.41) is 22.0. The van der Waals surface area contributed by atoms with Crippen LogP contribution < -0.4 is 10.2 Å². The number of aromatic amines is 1. The van der Waals surface area contributed by atoms with Crippen LogP contribution in [0.25, 0.3) is 11.0 Å². The molecular weight excluding hydrogens is 545 g/mol. The Balaban J connectivity index is 0.000000448. The van der Waals surface area contributed by atoms with Crippen LogP contribution in [-0.4, -0.2) is 51.4 Å². The number of H-pyrrole nitrogens is 1. The summed E-state index contributed by atoms with van der Waals surface area (Å²) in [6, 6.07) is 18.8. The van der Waals surface area contributed by atoms with Gasteiger partial charge in [0.1, 0.15) is 0 Å². The zero-order valence-electron chi connectivity index (χ0n) is 19.8. The maximum Gasteiger partial charge on any atom is 0.490 e. The second-order valence-corrected chi connectivity index (χ2v) is 8.45. The number of hydrogen-bond donors (Lipinski definition) is 4. The molecule has 0 fully saturated rings. The lowest BCUT2D eigenvalue weighted by Crippen LogP contribution is -2.45. The standard InChI is InChI=1S/C23H17ClN4O4.C2HF3O2/c1-32-22(30)27-21-25-17-11-10-13(12-18(17)26-21)23(31)15-7-3-2-6-14(15)20(29)28(23)19-9-5-4-8-16(19)24;3-2(4,5)1(6)7/h2-12,31H,1H3,(H2,25,26,27,30);(H,6,7). The number of carboxylic acids is 1. The van der Waals surface area contributed by atoms with Crippen molar-refractivity contribution < 1.29 is 42.5 Å². The molecule has 0 saturated carbocycles. The van der Waals surface area contributed by atoms with Crippen LogP contribution in [0.15, 0.2) is 66.7 Å². The van der Waals surface area contributed by atoms with Crippen LogP contribution >= 0.6 is 11.6 Å². The molecule has 1 aliphatic rings. The zero-order chi connectivity index (χ0) is 28.5. The third-order valence-corrected chi connectivity index (χ3v) is 6.01. The second-order valence-electron chi connectivity index (χ2n) is 8.05. The lowest BCUT2D eigenvalue weighted by Gasteiger charge is -2.35. The smallest absolute Gasteiger partial charge is 0.475 e. The fourth-order valence-electron chi connectivity index (χ4n) is 4.00. The van der Waals surface area contributed by atoms with Crippen molar-refractivity contribution in [2.75, 3.05) is 17.3 Å². The van der Waals surface area contributed by atoms with Gasteiger partial charge in [-0.2, -0.15) is 13.2 Å². The normalized spacial score (nSPS) is 16.4. The van der Waals surface area contributed by atoms with Crippen LogP contribution in [-0.2, 0) is 15.3 Å². The van der Waals surface area contributed by atoms with Crippen LogP contribution in [0.4, 0.5) is 29.6 Å². The van der Waals surface area contributed by atoms with E-state index in [2.05, 4.69) is 20.0 Å². The number of methoxy groups -OCH3 is 1. The quantitative estimate of drug-likeness (QED) is 0.278. The number of aromatic nitrogens is 2. The van der Waals surface area contributed by atoms with E-state index in [0.717, 1.165) is 0 Å². The highest BCUT2D eigenvalue weighted by Crippen LogP contribution is 2.47. The first-order valence-electron chi connectivity index (χ1n) is 10.9. The molecule has 1 atom stereocenters. The van der Waals surface area contributed by atoms with Gasteiger partial charge in [-0.25, -0.2) is 14.6 Å². The molecule has 0 aliphatic carbocycles. The van der Waals surface area contributed by atoms with E-state index in [1.165, 1.54) is 12.0 Å². The van der Waals surface area contributed by atoms with Crippen LogP contribution in [0.5, 0.6) is 0 Å². The second kappa shape index (κ2) is 10.3. The molecule has 3 aromatic carbocycles. The van der Waals surface area contributed by atoms with Gasteiger partial charge in [0, 0.05) is 16.7 Å². The number of anilines is 2. The molecule has 4 N–H and O–H groups in total. The molecule has 4 aromatic rings. The summed E-state index contributed by atoms with van der Waals surface area (Å²) in [6.07, 6.45) is -5.75. The topological polar surface area (TPSA) is 145 Å². The van der Waals surface area contributed by atoms with Gasteiger partial charge in [-0.3, -0.25) is 15.0 Å². The van der Waals surface area contributed by atoms with Crippen LogP contribution in [0.1, 0.15) is 21.5 Å². The highest BCUT2D eigenvalue weighted by Gasteiger charge is 2.51. The molecule has 202 valence electrons. The van der Waals surface area contributed by atoms with E-state index in [1.54, 1.807) is 66.7 Å². The largest absolute Gasteiger partial charge is 0.490 e. The van der Waals surface area contributed by atoms with Gasteiger partial charge in [-0.1, -0.05) is 48.0 Å². The zero-order valence-corrected chi connectivity index (χ0v) is 20.5. The molecule has 14 heteroatoms. The van der Waals surface area contributed by atoms with E-state index < -0.39 is 24.0 Å². The number of carbonyl (C=O) groups excluding carboxylic acids is 2. The van der Waals surface area contributed by atoms with E-state index in [4.69, 9.17) is 21.5 Å². The van der Waals surface area contributed by atoms with Crippen molar-refractivity contribution in [2.24, 2.45) is 0 Å². The Morgan fingerprint density at radius 2 is 1.74 bits per heavy atom. The molecule has 0 saturated heterocycles. The molecule has 5 rings (SSSR count). The number of nitrogens with one attached hydrogen (secondary N) is 2. The summed E-state index contributed by atoms with van der Waals surface area (Å²) < 4.78 is 36.3. The number of ether oxygens (including phenoxy) is 1. The Kier molecular flexibility index (Phi) is 7.22. The average Bonchev–Trinajstić information content (AvgIpc) is 3.40. The number of amides is 2. The maximum absolute atomic E-state index is 13.4.